The van der Waals surface area contributed by atoms with Crippen molar-refractivity contribution >= 4 is 17.4 Å². The molecule has 0 fully saturated rings. The van der Waals surface area contributed by atoms with Crippen LogP contribution in [0.4, 0.5) is 5.82 Å². The van der Waals surface area contributed by atoms with E-state index in [1.165, 1.54) is 0 Å². The molecule has 1 aromatic heterocycles. The lowest BCUT2D eigenvalue weighted by atomic mass is 10.3. The van der Waals surface area contributed by atoms with E-state index >= 15 is 0 Å². The quantitative estimate of drug-likeness (QED) is 0.791. The van der Waals surface area contributed by atoms with E-state index < -0.39 is 0 Å². The van der Waals surface area contributed by atoms with Crippen molar-refractivity contribution in [2.24, 2.45) is 0 Å². The molecular formula is C13H20ClN3. The van der Waals surface area contributed by atoms with Crippen molar-refractivity contribution in [1.29, 1.82) is 0 Å². The first-order valence-electron chi connectivity index (χ1n) is 5.76. The van der Waals surface area contributed by atoms with Crippen LogP contribution in [0.25, 0.3) is 0 Å². The summed E-state index contributed by atoms with van der Waals surface area (Å²) in [4.78, 5) is 6.62. The summed E-state index contributed by atoms with van der Waals surface area (Å²) >= 11 is 6.10. The molecule has 0 radical (unpaired) electrons. The number of likely N-dealkylation sites (N-methyl/N-ethyl adjacent to an activating group) is 1. The zero-order valence-corrected chi connectivity index (χ0v) is 11.5. The molecule has 0 bridgehead atoms. The normalized spacial score (nSPS) is 10.4. The molecule has 17 heavy (non-hydrogen) atoms. The molecule has 0 saturated heterocycles. The van der Waals surface area contributed by atoms with Crippen LogP contribution < -0.4 is 10.2 Å². The second kappa shape index (κ2) is 6.62. The van der Waals surface area contributed by atoms with E-state index in [9.17, 15) is 0 Å². The van der Waals surface area contributed by atoms with E-state index in [2.05, 4.69) is 28.7 Å². The number of anilines is 1. The molecule has 0 aliphatic heterocycles. The molecule has 0 spiro atoms. The Labute approximate surface area is 108 Å². The van der Waals surface area contributed by atoms with Gasteiger partial charge >= 0.3 is 0 Å². The van der Waals surface area contributed by atoms with Gasteiger partial charge in [0.25, 0.3) is 0 Å². The van der Waals surface area contributed by atoms with Crippen LogP contribution in [0, 0.1) is 0 Å². The Morgan fingerprint density at radius 2 is 2.24 bits per heavy atom. The molecule has 1 rings (SSSR count). The zero-order chi connectivity index (χ0) is 12.8. The number of aromatic nitrogens is 1. The van der Waals surface area contributed by atoms with Gasteiger partial charge in [-0.15, -0.1) is 0 Å². The topological polar surface area (TPSA) is 28.2 Å². The van der Waals surface area contributed by atoms with Crippen LogP contribution in [0.15, 0.2) is 24.3 Å². The minimum atomic E-state index is 0.698. The van der Waals surface area contributed by atoms with Gasteiger partial charge in [0.1, 0.15) is 5.82 Å². The summed E-state index contributed by atoms with van der Waals surface area (Å²) < 4.78 is 0. The summed E-state index contributed by atoms with van der Waals surface area (Å²) in [7, 11) is 2.00. The van der Waals surface area contributed by atoms with Crippen LogP contribution in [0.2, 0.25) is 5.02 Å². The summed E-state index contributed by atoms with van der Waals surface area (Å²) in [5, 5.41) is 3.94. The van der Waals surface area contributed by atoms with E-state index in [4.69, 9.17) is 11.6 Å². The Hall–Kier alpha value is -1.06. The highest BCUT2D eigenvalue weighted by Gasteiger charge is 2.07. The fraction of sp³-hybridized carbons (Fsp3) is 0.462. The number of rotatable bonds is 6. The average Bonchev–Trinajstić information content (AvgIpc) is 2.27. The second-order valence-corrected chi connectivity index (χ2v) is 4.60. The molecule has 0 saturated carbocycles. The van der Waals surface area contributed by atoms with Gasteiger partial charge in [-0.3, -0.25) is 0 Å². The number of pyridine rings is 1. The van der Waals surface area contributed by atoms with E-state index in [1.54, 1.807) is 0 Å². The average molecular weight is 254 g/mol. The number of nitrogens with one attached hydrogen (secondary N) is 1. The van der Waals surface area contributed by atoms with E-state index in [0.29, 0.717) is 11.6 Å². The number of nitrogens with zero attached hydrogens (tertiary/aromatic N) is 2. The fourth-order valence-corrected chi connectivity index (χ4v) is 1.71. The Balaban J connectivity index is 2.83. The fourth-order valence-electron chi connectivity index (χ4n) is 1.54. The van der Waals surface area contributed by atoms with Gasteiger partial charge in [-0.05, 0) is 25.6 Å². The molecule has 0 unspecified atom stereocenters. The minimum Gasteiger partial charge on any atom is -0.356 e. The molecule has 1 heterocycles. The summed E-state index contributed by atoms with van der Waals surface area (Å²) in [5.74, 6) is 0.922. The first kappa shape index (κ1) is 14.0. The van der Waals surface area contributed by atoms with Gasteiger partial charge in [0.05, 0.1) is 10.7 Å². The maximum Gasteiger partial charge on any atom is 0.129 e. The van der Waals surface area contributed by atoms with Crippen molar-refractivity contribution in [3.8, 4) is 0 Å². The maximum absolute atomic E-state index is 6.10. The van der Waals surface area contributed by atoms with Crippen molar-refractivity contribution in [3.63, 3.8) is 0 Å². The largest absolute Gasteiger partial charge is 0.356 e. The molecule has 0 aromatic carbocycles. The first-order chi connectivity index (χ1) is 8.04. The molecule has 0 amide bonds. The van der Waals surface area contributed by atoms with E-state index in [1.807, 2.05) is 26.1 Å². The highest BCUT2D eigenvalue weighted by molar-refractivity contribution is 6.31. The molecule has 94 valence electrons. The third-order valence-corrected chi connectivity index (χ3v) is 2.69. The van der Waals surface area contributed by atoms with Crippen molar-refractivity contribution in [1.82, 2.24) is 10.3 Å². The monoisotopic (exact) mass is 253 g/mol. The highest BCUT2D eigenvalue weighted by atomic mass is 35.5. The van der Waals surface area contributed by atoms with Gasteiger partial charge in [0, 0.05) is 20.1 Å². The van der Waals surface area contributed by atoms with Crippen molar-refractivity contribution < 1.29 is 0 Å². The Bertz CT molecular complexity index is 390. The highest BCUT2D eigenvalue weighted by Crippen LogP contribution is 2.19. The number of hydrogen-bond acceptors (Lipinski definition) is 3. The van der Waals surface area contributed by atoms with Crippen LogP contribution in [0.1, 0.15) is 19.5 Å². The lowest BCUT2D eigenvalue weighted by Crippen LogP contribution is -2.21. The molecule has 4 heteroatoms. The van der Waals surface area contributed by atoms with Gasteiger partial charge in [-0.25, -0.2) is 4.98 Å². The maximum atomic E-state index is 6.10. The van der Waals surface area contributed by atoms with Crippen molar-refractivity contribution in [2.75, 3.05) is 25.0 Å². The van der Waals surface area contributed by atoms with Gasteiger partial charge < -0.3 is 10.2 Å². The lowest BCUT2D eigenvalue weighted by molar-refractivity contribution is 0.709. The van der Waals surface area contributed by atoms with Crippen LogP contribution >= 0.6 is 11.6 Å². The Morgan fingerprint density at radius 1 is 1.53 bits per heavy atom. The SMILES string of the molecule is C=C(C)CN(C)c1ccc(Cl)c(CNCC)n1. The summed E-state index contributed by atoms with van der Waals surface area (Å²) in [5.41, 5.74) is 2.00. The standard InChI is InChI=1S/C13H20ClN3/c1-5-15-8-12-11(14)6-7-13(16-12)17(4)9-10(2)3/h6-7,15H,2,5,8-9H2,1,3-4H3. The smallest absolute Gasteiger partial charge is 0.129 e. The number of halogens is 1. The lowest BCUT2D eigenvalue weighted by Gasteiger charge is -2.19. The number of hydrogen-bond donors (Lipinski definition) is 1. The van der Waals surface area contributed by atoms with Crippen LogP contribution in [-0.2, 0) is 6.54 Å². The van der Waals surface area contributed by atoms with Gasteiger partial charge in [0.2, 0.25) is 0 Å². The Morgan fingerprint density at radius 3 is 2.82 bits per heavy atom. The van der Waals surface area contributed by atoms with Gasteiger partial charge in [0.15, 0.2) is 0 Å². The molecular weight excluding hydrogens is 234 g/mol. The van der Waals surface area contributed by atoms with Crippen molar-refractivity contribution in [3.05, 3.63) is 35.0 Å². The van der Waals surface area contributed by atoms with Crippen molar-refractivity contribution in [2.45, 2.75) is 20.4 Å². The summed E-state index contributed by atoms with van der Waals surface area (Å²) in [6.45, 7) is 10.4. The summed E-state index contributed by atoms with van der Waals surface area (Å²) in [6.07, 6.45) is 0. The van der Waals surface area contributed by atoms with Crippen LogP contribution in [0.5, 0.6) is 0 Å². The summed E-state index contributed by atoms with van der Waals surface area (Å²) in [6, 6.07) is 3.83. The van der Waals surface area contributed by atoms with E-state index in [-0.39, 0.29) is 0 Å². The molecule has 0 atom stereocenters. The minimum absolute atomic E-state index is 0.698. The van der Waals surface area contributed by atoms with Crippen LogP contribution in [0.3, 0.4) is 0 Å². The Kier molecular flexibility index (Phi) is 5.45. The third-order valence-electron chi connectivity index (χ3n) is 2.34. The third kappa shape index (κ3) is 4.36. The van der Waals surface area contributed by atoms with Gasteiger partial charge in [-0.1, -0.05) is 30.7 Å². The van der Waals surface area contributed by atoms with E-state index in [0.717, 1.165) is 30.2 Å². The molecule has 0 aliphatic carbocycles. The van der Waals surface area contributed by atoms with Crippen LogP contribution in [-0.4, -0.2) is 25.1 Å². The predicted octanol–water partition coefficient (Wildman–Crippen LogP) is 2.86. The zero-order valence-electron chi connectivity index (χ0n) is 10.8. The molecule has 1 aromatic rings. The molecule has 0 aliphatic rings. The molecule has 1 N–H and O–H groups in total. The second-order valence-electron chi connectivity index (χ2n) is 4.19. The first-order valence-corrected chi connectivity index (χ1v) is 6.14. The predicted molar refractivity (Wildman–Crippen MR) is 74.7 cm³/mol. The molecule has 3 nitrogen and oxygen atoms in total. The van der Waals surface area contributed by atoms with Gasteiger partial charge in [-0.2, -0.15) is 0 Å².